The molecule has 1 N–H and O–H groups in total. The van der Waals surface area contributed by atoms with E-state index in [1.165, 1.54) is 10.6 Å². The highest BCUT2D eigenvalue weighted by atomic mass is 79.9. The summed E-state index contributed by atoms with van der Waals surface area (Å²) in [5, 5.41) is 4.23. The van der Waals surface area contributed by atoms with E-state index in [9.17, 15) is 8.42 Å². The number of pyridine rings is 1. The zero-order valence-electron chi connectivity index (χ0n) is 13.0. The van der Waals surface area contributed by atoms with Crippen molar-refractivity contribution in [1.82, 2.24) is 19.3 Å². The van der Waals surface area contributed by atoms with Crippen LogP contribution in [0, 0.1) is 6.92 Å². The fourth-order valence-electron chi connectivity index (χ4n) is 2.71. The molecular formula is C14H18BrN5O2S. The van der Waals surface area contributed by atoms with Gasteiger partial charge in [-0.2, -0.15) is 0 Å². The minimum absolute atomic E-state index is 0.169. The fraction of sp³-hybridized carbons (Fsp3) is 0.500. The average molecular weight is 400 g/mol. The number of anilines is 1. The molecule has 0 saturated carbocycles. The lowest BCUT2D eigenvalue weighted by Gasteiger charge is -2.30. The summed E-state index contributed by atoms with van der Waals surface area (Å²) < 4.78 is 25.3. The molecule has 7 nitrogen and oxygen atoms in total. The van der Waals surface area contributed by atoms with Crippen LogP contribution >= 0.6 is 15.9 Å². The standard InChI is InChI=1S/C14H18BrN5O2S/c1-9-7-10-8-16-14(19-12(10)13(15)17-9)18-11-3-5-20(6-4-11)23(2,21)22/h7-8,11H,3-6H2,1-2H3,(H,16,18,19). The quantitative estimate of drug-likeness (QED) is 0.793. The fourth-order valence-corrected chi connectivity index (χ4v) is 4.18. The van der Waals surface area contributed by atoms with E-state index in [4.69, 9.17) is 0 Å². The van der Waals surface area contributed by atoms with Crippen LogP contribution in [-0.4, -0.2) is 53.1 Å². The van der Waals surface area contributed by atoms with Gasteiger partial charge in [-0.1, -0.05) is 0 Å². The maximum absolute atomic E-state index is 11.5. The van der Waals surface area contributed by atoms with E-state index < -0.39 is 10.0 Å². The number of nitrogens with zero attached hydrogens (tertiary/aromatic N) is 4. The van der Waals surface area contributed by atoms with E-state index in [0.29, 0.717) is 23.6 Å². The molecule has 124 valence electrons. The van der Waals surface area contributed by atoms with Gasteiger partial charge in [0.1, 0.15) is 10.1 Å². The lowest BCUT2D eigenvalue weighted by atomic mass is 10.1. The Hall–Kier alpha value is -1.32. The molecule has 0 amide bonds. The van der Waals surface area contributed by atoms with Crippen molar-refractivity contribution in [3.05, 3.63) is 22.6 Å². The van der Waals surface area contributed by atoms with E-state index >= 15 is 0 Å². The van der Waals surface area contributed by atoms with Crippen LogP contribution in [0.4, 0.5) is 5.95 Å². The molecule has 3 rings (SSSR count). The Morgan fingerprint density at radius 3 is 2.65 bits per heavy atom. The summed E-state index contributed by atoms with van der Waals surface area (Å²) in [6.07, 6.45) is 4.50. The molecule has 1 fully saturated rings. The number of fused-ring (bicyclic) bond motifs is 1. The molecule has 2 aromatic rings. The molecule has 3 heterocycles. The first-order valence-corrected chi connectivity index (χ1v) is 9.98. The SMILES string of the molecule is Cc1cc2cnc(NC3CCN(S(C)(=O)=O)CC3)nc2c(Br)n1. The number of hydrogen-bond donors (Lipinski definition) is 1. The summed E-state index contributed by atoms with van der Waals surface area (Å²) in [5.41, 5.74) is 1.67. The summed E-state index contributed by atoms with van der Waals surface area (Å²) in [7, 11) is -3.10. The highest BCUT2D eigenvalue weighted by molar-refractivity contribution is 9.10. The number of aromatic nitrogens is 3. The number of sulfonamides is 1. The van der Waals surface area contributed by atoms with Gasteiger partial charge in [0.2, 0.25) is 16.0 Å². The summed E-state index contributed by atoms with van der Waals surface area (Å²) in [6, 6.07) is 2.11. The van der Waals surface area contributed by atoms with E-state index in [0.717, 1.165) is 29.4 Å². The monoisotopic (exact) mass is 399 g/mol. The van der Waals surface area contributed by atoms with Gasteiger partial charge in [-0.15, -0.1) is 0 Å². The molecule has 0 unspecified atom stereocenters. The first kappa shape index (κ1) is 16.5. The van der Waals surface area contributed by atoms with Crippen LogP contribution in [0.5, 0.6) is 0 Å². The van der Waals surface area contributed by atoms with E-state index in [-0.39, 0.29) is 6.04 Å². The zero-order valence-corrected chi connectivity index (χ0v) is 15.4. The molecule has 0 aliphatic carbocycles. The number of hydrogen-bond acceptors (Lipinski definition) is 6. The van der Waals surface area contributed by atoms with Gasteiger partial charge >= 0.3 is 0 Å². The number of rotatable bonds is 3. The first-order chi connectivity index (χ1) is 10.8. The Balaban J connectivity index is 1.73. The van der Waals surface area contributed by atoms with Crippen molar-refractivity contribution in [2.75, 3.05) is 24.7 Å². The second kappa shape index (κ2) is 6.29. The predicted octanol–water partition coefficient (Wildman–Crippen LogP) is 1.93. The van der Waals surface area contributed by atoms with Crippen LogP contribution in [0.3, 0.4) is 0 Å². The van der Waals surface area contributed by atoms with Gasteiger partial charge in [-0.05, 0) is 41.8 Å². The zero-order chi connectivity index (χ0) is 16.6. The smallest absolute Gasteiger partial charge is 0.223 e. The van der Waals surface area contributed by atoms with Crippen LogP contribution < -0.4 is 5.32 Å². The van der Waals surface area contributed by atoms with Crippen LogP contribution in [0.15, 0.2) is 16.9 Å². The molecule has 9 heteroatoms. The highest BCUT2D eigenvalue weighted by Crippen LogP contribution is 2.23. The summed E-state index contributed by atoms with van der Waals surface area (Å²) in [5.74, 6) is 0.543. The number of halogens is 1. The number of nitrogens with one attached hydrogen (secondary N) is 1. The first-order valence-electron chi connectivity index (χ1n) is 7.34. The molecule has 0 radical (unpaired) electrons. The topological polar surface area (TPSA) is 88.1 Å². The summed E-state index contributed by atoms with van der Waals surface area (Å²) in [4.78, 5) is 13.2. The second-order valence-corrected chi connectivity index (χ2v) is 8.50. The minimum atomic E-state index is -3.10. The third-order valence-corrected chi connectivity index (χ3v) is 5.76. The Labute approximate surface area is 143 Å². The average Bonchev–Trinajstić information content (AvgIpc) is 2.47. The van der Waals surface area contributed by atoms with Gasteiger partial charge in [0, 0.05) is 36.4 Å². The second-order valence-electron chi connectivity index (χ2n) is 5.77. The summed E-state index contributed by atoms with van der Waals surface area (Å²) >= 11 is 3.43. The van der Waals surface area contributed by atoms with Crippen molar-refractivity contribution >= 4 is 42.8 Å². The van der Waals surface area contributed by atoms with Crippen LogP contribution in [0.1, 0.15) is 18.5 Å². The van der Waals surface area contributed by atoms with Crippen molar-refractivity contribution < 1.29 is 8.42 Å². The molecular weight excluding hydrogens is 382 g/mol. The molecule has 23 heavy (non-hydrogen) atoms. The minimum Gasteiger partial charge on any atom is -0.351 e. The van der Waals surface area contributed by atoms with Gasteiger partial charge in [0.15, 0.2) is 0 Å². The normalized spacial score (nSPS) is 17.5. The molecule has 1 saturated heterocycles. The third-order valence-electron chi connectivity index (χ3n) is 3.91. The molecule has 0 atom stereocenters. The van der Waals surface area contributed by atoms with Gasteiger partial charge < -0.3 is 5.32 Å². The number of piperidine rings is 1. The van der Waals surface area contributed by atoms with E-state index in [1.807, 2.05) is 13.0 Å². The molecule has 2 aromatic heterocycles. The van der Waals surface area contributed by atoms with Crippen LogP contribution in [-0.2, 0) is 10.0 Å². The van der Waals surface area contributed by atoms with Gasteiger partial charge in [0.05, 0.1) is 6.26 Å². The predicted molar refractivity (Wildman–Crippen MR) is 92.8 cm³/mol. The van der Waals surface area contributed by atoms with Crippen molar-refractivity contribution in [3.8, 4) is 0 Å². The lowest BCUT2D eigenvalue weighted by molar-refractivity contribution is 0.331. The van der Waals surface area contributed by atoms with Crippen molar-refractivity contribution in [3.63, 3.8) is 0 Å². The Bertz CT molecular complexity index is 834. The maximum Gasteiger partial charge on any atom is 0.223 e. The maximum atomic E-state index is 11.5. The molecule has 0 spiro atoms. The number of aryl methyl sites for hydroxylation is 1. The Morgan fingerprint density at radius 1 is 1.30 bits per heavy atom. The molecule has 0 aromatic carbocycles. The van der Waals surface area contributed by atoms with Crippen LogP contribution in [0.25, 0.3) is 10.9 Å². The van der Waals surface area contributed by atoms with Gasteiger partial charge in [-0.3, -0.25) is 0 Å². The summed E-state index contributed by atoms with van der Waals surface area (Å²) in [6.45, 7) is 2.97. The molecule has 1 aliphatic heterocycles. The van der Waals surface area contributed by atoms with Crippen molar-refractivity contribution in [1.29, 1.82) is 0 Å². The van der Waals surface area contributed by atoms with E-state index in [2.05, 4.69) is 36.2 Å². The van der Waals surface area contributed by atoms with Crippen molar-refractivity contribution in [2.24, 2.45) is 0 Å². The third kappa shape index (κ3) is 3.78. The Morgan fingerprint density at radius 2 is 2.00 bits per heavy atom. The van der Waals surface area contributed by atoms with E-state index in [1.54, 1.807) is 6.20 Å². The van der Waals surface area contributed by atoms with Gasteiger partial charge in [0.25, 0.3) is 0 Å². The Kier molecular flexibility index (Phi) is 4.52. The molecule has 1 aliphatic rings. The highest BCUT2D eigenvalue weighted by Gasteiger charge is 2.25. The lowest BCUT2D eigenvalue weighted by Crippen LogP contribution is -2.42. The van der Waals surface area contributed by atoms with Crippen LogP contribution in [0.2, 0.25) is 0 Å². The molecule has 0 bridgehead atoms. The van der Waals surface area contributed by atoms with Gasteiger partial charge in [-0.25, -0.2) is 27.7 Å². The van der Waals surface area contributed by atoms with Crippen molar-refractivity contribution in [2.45, 2.75) is 25.8 Å². The largest absolute Gasteiger partial charge is 0.351 e.